The van der Waals surface area contributed by atoms with E-state index in [9.17, 15) is 9.59 Å². The maximum Gasteiger partial charge on any atom is 0.260 e. The lowest BCUT2D eigenvalue weighted by Gasteiger charge is -2.26. The number of rotatable bonds is 7. The van der Waals surface area contributed by atoms with E-state index < -0.39 is 0 Å². The van der Waals surface area contributed by atoms with E-state index in [1.807, 2.05) is 60.7 Å². The molecule has 8 rings (SSSR count). The van der Waals surface area contributed by atoms with Crippen molar-refractivity contribution in [2.24, 2.45) is 11.8 Å². The summed E-state index contributed by atoms with van der Waals surface area (Å²) in [4.78, 5) is 42.0. The molecule has 3 aromatic carbocycles. The molecule has 7 nitrogen and oxygen atoms in total. The maximum atomic E-state index is 14.1. The van der Waals surface area contributed by atoms with Crippen LogP contribution in [0.15, 0.2) is 102 Å². The standard InChI is InChI=1S/C35H30ClN5O2/c36-30-14-8-7-13-26(30)27-17-24-18-37-35(38-32(24)40(34(27)43)25-15-16-25)41(33(42)23-11-5-2-6-12-23)31-28-20-39(21-29(28)31)19-22-9-3-1-4-10-22/h1-14,17-18,25,28-29,31H,15-16,19-21H2. The Morgan fingerprint density at radius 2 is 1.56 bits per heavy atom. The Morgan fingerprint density at radius 1 is 0.884 bits per heavy atom. The fourth-order valence-corrected chi connectivity index (χ4v) is 7.02. The number of aromatic nitrogens is 3. The van der Waals surface area contributed by atoms with Crippen molar-refractivity contribution in [2.75, 3.05) is 18.0 Å². The van der Waals surface area contributed by atoms with Gasteiger partial charge >= 0.3 is 0 Å². The number of piperidine rings is 1. The summed E-state index contributed by atoms with van der Waals surface area (Å²) in [6, 6.07) is 29.2. The van der Waals surface area contributed by atoms with E-state index in [2.05, 4.69) is 29.2 Å². The topological polar surface area (TPSA) is 71.3 Å². The molecule has 3 aliphatic rings. The second-order valence-corrected chi connectivity index (χ2v) is 12.3. The molecule has 0 bridgehead atoms. The predicted octanol–water partition coefficient (Wildman–Crippen LogP) is 6.22. The summed E-state index contributed by atoms with van der Waals surface area (Å²) in [5.74, 6) is 0.949. The third kappa shape index (κ3) is 4.73. The van der Waals surface area contributed by atoms with Gasteiger partial charge in [-0.3, -0.25) is 24.0 Å². The van der Waals surface area contributed by atoms with Crippen LogP contribution >= 0.6 is 11.6 Å². The van der Waals surface area contributed by atoms with Gasteiger partial charge in [-0.2, -0.15) is 4.98 Å². The van der Waals surface area contributed by atoms with Gasteiger partial charge in [-0.05, 0) is 54.5 Å². The van der Waals surface area contributed by atoms with Crippen LogP contribution < -0.4 is 10.5 Å². The van der Waals surface area contributed by atoms with Crippen LogP contribution in [0.4, 0.5) is 5.95 Å². The summed E-state index contributed by atoms with van der Waals surface area (Å²) in [6.07, 6.45) is 3.58. The molecular formula is C35H30ClN5O2. The normalized spacial score (nSPS) is 21.1. The number of benzene rings is 3. The van der Waals surface area contributed by atoms with Crippen molar-refractivity contribution in [2.45, 2.75) is 31.5 Å². The Bertz CT molecular complexity index is 1900. The lowest BCUT2D eigenvalue weighted by atomic mass is 10.1. The smallest absolute Gasteiger partial charge is 0.260 e. The molecule has 8 heteroatoms. The van der Waals surface area contributed by atoms with Crippen LogP contribution in [0, 0.1) is 11.8 Å². The zero-order chi connectivity index (χ0) is 29.1. The number of hydrogen-bond donors (Lipinski definition) is 0. The molecule has 43 heavy (non-hydrogen) atoms. The molecule has 2 atom stereocenters. The molecule has 2 aromatic heterocycles. The molecule has 214 valence electrons. The number of carbonyl (C=O) groups is 1. The summed E-state index contributed by atoms with van der Waals surface area (Å²) >= 11 is 6.51. The summed E-state index contributed by atoms with van der Waals surface area (Å²) in [5, 5.41) is 1.28. The molecule has 2 saturated carbocycles. The maximum absolute atomic E-state index is 14.1. The Balaban J connectivity index is 1.18. The highest BCUT2D eigenvalue weighted by Crippen LogP contribution is 2.50. The highest BCUT2D eigenvalue weighted by Gasteiger charge is 2.60. The number of halogens is 1. The lowest BCUT2D eigenvalue weighted by molar-refractivity contribution is 0.0978. The first-order valence-corrected chi connectivity index (χ1v) is 15.3. The minimum Gasteiger partial charge on any atom is -0.298 e. The van der Waals surface area contributed by atoms with Gasteiger partial charge in [0.2, 0.25) is 5.95 Å². The van der Waals surface area contributed by atoms with E-state index in [1.165, 1.54) is 5.56 Å². The van der Waals surface area contributed by atoms with Gasteiger partial charge in [0.05, 0.1) is 0 Å². The third-order valence-electron chi connectivity index (χ3n) is 9.06. The molecule has 3 heterocycles. The van der Waals surface area contributed by atoms with E-state index in [4.69, 9.17) is 21.6 Å². The van der Waals surface area contributed by atoms with Crippen LogP contribution in [0.1, 0.15) is 34.8 Å². The molecule has 2 unspecified atom stereocenters. The summed E-state index contributed by atoms with van der Waals surface area (Å²) < 4.78 is 1.79. The first kappa shape index (κ1) is 26.3. The first-order valence-electron chi connectivity index (χ1n) is 14.9. The van der Waals surface area contributed by atoms with Crippen LogP contribution in [0.3, 0.4) is 0 Å². The zero-order valence-corrected chi connectivity index (χ0v) is 24.3. The number of amides is 1. The van der Waals surface area contributed by atoms with Gasteiger partial charge in [-0.25, -0.2) is 4.98 Å². The fraction of sp³-hybridized carbons (Fsp3) is 0.257. The Labute approximate surface area is 254 Å². The van der Waals surface area contributed by atoms with Crippen molar-refractivity contribution < 1.29 is 4.79 Å². The SMILES string of the molecule is O=C(c1ccccc1)N(c1ncc2cc(-c3ccccc3Cl)c(=O)n(C3CC3)c2n1)C1C2CN(Cc3ccccc3)CC21. The van der Waals surface area contributed by atoms with Crippen LogP contribution in [0.2, 0.25) is 5.02 Å². The van der Waals surface area contributed by atoms with E-state index >= 15 is 0 Å². The third-order valence-corrected chi connectivity index (χ3v) is 9.39. The largest absolute Gasteiger partial charge is 0.298 e. The highest BCUT2D eigenvalue weighted by atomic mass is 35.5. The molecule has 5 aromatic rings. The predicted molar refractivity (Wildman–Crippen MR) is 168 cm³/mol. The van der Waals surface area contributed by atoms with Gasteiger partial charge in [-0.15, -0.1) is 0 Å². The van der Waals surface area contributed by atoms with Gasteiger partial charge in [0.1, 0.15) is 5.65 Å². The van der Waals surface area contributed by atoms with Gasteiger partial charge in [-0.1, -0.05) is 78.3 Å². The lowest BCUT2D eigenvalue weighted by Crippen LogP contribution is -2.40. The number of hydrogen-bond acceptors (Lipinski definition) is 5. The minimum absolute atomic E-state index is 0.0145. The van der Waals surface area contributed by atoms with E-state index in [-0.39, 0.29) is 23.6 Å². The number of nitrogens with zero attached hydrogens (tertiary/aromatic N) is 5. The second-order valence-electron chi connectivity index (χ2n) is 11.9. The van der Waals surface area contributed by atoms with Crippen molar-refractivity contribution in [3.8, 4) is 11.1 Å². The Hall–Kier alpha value is -4.33. The Kier molecular flexibility index (Phi) is 6.38. The minimum atomic E-state index is -0.117. The van der Waals surface area contributed by atoms with Crippen LogP contribution in [-0.4, -0.2) is 44.5 Å². The summed E-state index contributed by atoms with van der Waals surface area (Å²) in [6.45, 7) is 2.75. The molecule has 0 N–H and O–H groups in total. The van der Waals surface area contributed by atoms with Crippen molar-refractivity contribution >= 4 is 34.5 Å². The molecule has 0 radical (unpaired) electrons. The van der Waals surface area contributed by atoms with Gasteiger partial charge in [0.25, 0.3) is 11.5 Å². The molecule has 1 saturated heterocycles. The highest BCUT2D eigenvalue weighted by molar-refractivity contribution is 6.33. The number of likely N-dealkylation sites (tertiary alicyclic amines) is 1. The van der Waals surface area contributed by atoms with Crippen molar-refractivity contribution in [3.63, 3.8) is 0 Å². The van der Waals surface area contributed by atoms with Crippen LogP contribution in [0.5, 0.6) is 0 Å². The second kappa shape index (κ2) is 10.4. The van der Waals surface area contributed by atoms with Gasteiger partial charge < -0.3 is 0 Å². The van der Waals surface area contributed by atoms with Crippen molar-refractivity contribution in [1.29, 1.82) is 0 Å². The average molecular weight is 588 g/mol. The monoisotopic (exact) mass is 587 g/mol. The van der Waals surface area contributed by atoms with Crippen LogP contribution in [0.25, 0.3) is 22.2 Å². The Morgan fingerprint density at radius 3 is 2.26 bits per heavy atom. The molecule has 3 fully saturated rings. The van der Waals surface area contributed by atoms with E-state index in [1.54, 1.807) is 21.7 Å². The van der Waals surface area contributed by atoms with E-state index in [0.717, 1.165) is 37.9 Å². The molecule has 1 amide bonds. The van der Waals surface area contributed by atoms with Gasteiger partial charge in [0.15, 0.2) is 0 Å². The van der Waals surface area contributed by atoms with Gasteiger partial charge in [0, 0.05) is 65.0 Å². The van der Waals surface area contributed by atoms with Crippen molar-refractivity contribution in [3.05, 3.63) is 124 Å². The molecule has 2 aliphatic carbocycles. The number of carbonyl (C=O) groups excluding carboxylic acids is 1. The fourth-order valence-electron chi connectivity index (χ4n) is 6.79. The van der Waals surface area contributed by atoms with Crippen LogP contribution in [-0.2, 0) is 6.54 Å². The zero-order valence-electron chi connectivity index (χ0n) is 23.5. The summed E-state index contributed by atoms with van der Waals surface area (Å²) in [7, 11) is 0. The van der Waals surface area contributed by atoms with E-state index in [0.29, 0.717) is 45.1 Å². The molecule has 1 aliphatic heterocycles. The number of anilines is 1. The molecular weight excluding hydrogens is 558 g/mol. The summed E-state index contributed by atoms with van der Waals surface area (Å²) in [5.41, 5.74) is 3.58. The average Bonchev–Trinajstić information content (AvgIpc) is 3.95. The number of fused-ring (bicyclic) bond motifs is 2. The number of pyridine rings is 1. The molecule has 0 spiro atoms. The first-order chi connectivity index (χ1) is 21.1. The quantitative estimate of drug-likeness (QED) is 0.226. The van der Waals surface area contributed by atoms with Crippen molar-refractivity contribution in [1.82, 2.24) is 19.4 Å².